The van der Waals surface area contributed by atoms with Crippen LogP contribution in [0.3, 0.4) is 0 Å². The summed E-state index contributed by atoms with van der Waals surface area (Å²) in [5.74, 6) is 0.408. The van der Waals surface area contributed by atoms with E-state index in [4.69, 9.17) is 4.74 Å². The molecule has 0 aromatic heterocycles. The molecule has 2 N–H and O–H groups in total. The Balaban J connectivity index is 1.44. The fraction of sp³-hybridized carbons (Fsp3) is 0.136. The van der Waals surface area contributed by atoms with Crippen LogP contribution in [0.1, 0.15) is 12.0 Å². The summed E-state index contributed by atoms with van der Waals surface area (Å²) in [5, 5.41) is 2.74. The van der Waals surface area contributed by atoms with Gasteiger partial charge in [-0.1, -0.05) is 46.3 Å². The molecule has 0 aliphatic heterocycles. The van der Waals surface area contributed by atoms with Gasteiger partial charge in [0, 0.05) is 23.1 Å². The number of hydrogen-bond acceptors (Lipinski definition) is 4. The normalized spacial score (nSPS) is 11.1. The molecule has 0 unspecified atom stereocenters. The zero-order valence-electron chi connectivity index (χ0n) is 16.0. The molecule has 3 rings (SSSR count). The molecule has 0 aliphatic carbocycles. The number of rotatable bonds is 9. The maximum atomic E-state index is 12.2. The molecular formula is C22H21BrN2O4S. The number of amides is 1. The summed E-state index contributed by atoms with van der Waals surface area (Å²) in [6.45, 7) is 0.466. The zero-order chi connectivity index (χ0) is 21.4. The number of halogens is 1. The molecule has 156 valence electrons. The van der Waals surface area contributed by atoms with Crippen molar-refractivity contribution in [3.63, 3.8) is 0 Å². The van der Waals surface area contributed by atoms with E-state index in [0.29, 0.717) is 18.0 Å². The summed E-state index contributed by atoms with van der Waals surface area (Å²) >= 11 is 3.26. The van der Waals surface area contributed by atoms with Gasteiger partial charge >= 0.3 is 0 Å². The molecule has 1 amide bonds. The third-order valence-electron chi connectivity index (χ3n) is 4.15. The van der Waals surface area contributed by atoms with Gasteiger partial charge in [-0.2, -0.15) is 0 Å². The van der Waals surface area contributed by atoms with E-state index in [1.54, 1.807) is 36.4 Å². The number of anilines is 1. The molecule has 0 heterocycles. The van der Waals surface area contributed by atoms with Gasteiger partial charge in [-0.25, -0.2) is 13.1 Å². The number of ether oxygens (including phenoxy) is 1. The predicted octanol–water partition coefficient (Wildman–Crippen LogP) is 4.34. The van der Waals surface area contributed by atoms with E-state index in [1.165, 1.54) is 12.1 Å². The van der Waals surface area contributed by atoms with E-state index in [-0.39, 0.29) is 23.8 Å². The number of carbonyl (C=O) groups is 1. The molecule has 8 heteroatoms. The highest BCUT2D eigenvalue weighted by molar-refractivity contribution is 9.10. The van der Waals surface area contributed by atoms with Crippen molar-refractivity contribution < 1.29 is 17.9 Å². The number of hydrogen-bond donors (Lipinski definition) is 2. The molecule has 3 aromatic carbocycles. The molecule has 0 spiro atoms. The standard InChI is InChI=1S/C22H21BrN2O4S/c23-18-6-12-21(13-7-18)30(27,28)24-15-14-22(26)25-19-8-10-20(11-9-19)29-16-17-4-2-1-3-5-17/h1-13,24H,14-16H2,(H,25,26). The second-order valence-electron chi connectivity index (χ2n) is 6.45. The SMILES string of the molecule is O=C(CCNS(=O)(=O)c1ccc(Br)cc1)Nc1ccc(OCc2ccccc2)cc1. The summed E-state index contributed by atoms with van der Waals surface area (Å²) in [6, 6.07) is 23.1. The third kappa shape index (κ3) is 6.69. The minimum atomic E-state index is -3.65. The van der Waals surface area contributed by atoms with Crippen molar-refractivity contribution >= 4 is 37.5 Å². The Morgan fingerprint density at radius 2 is 1.57 bits per heavy atom. The monoisotopic (exact) mass is 488 g/mol. The average Bonchev–Trinajstić information content (AvgIpc) is 2.74. The van der Waals surface area contributed by atoms with E-state index < -0.39 is 10.0 Å². The first-order valence-corrected chi connectivity index (χ1v) is 11.5. The smallest absolute Gasteiger partial charge is 0.240 e. The maximum Gasteiger partial charge on any atom is 0.240 e. The summed E-state index contributed by atoms with van der Waals surface area (Å²) < 4.78 is 33.4. The molecular weight excluding hydrogens is 468 g/mol. The van der Waals surface area contributed by atoms with Crippen LogP contribution >= 0.6 is 15.9 Å². The van der Waals surface area contributed by atoms with Crippen LogP contribution in [0.4, 0.5) is 5.69 Å². The minimum Gasteiger partial charge on any atom is -0.489 e. The molecule has 0 bridgehead atoms. The summed E-state index contributed by atoms with van der Waals surface area (Å²) in [7, 11) is -3.65. The van der Waals surface area contributed by atoms with Gasteiger partial charge in [0.15, 0.2) is 0 Å². The van der Waals surface area contributed by atoms with Gasteiger partial charge in [0.05, 0.1) is 4.90 Å². The summed E-state index contributed by atoms with van der Waals surface area (Å²) in [4.78, 5) is 12.2. The van der Waals surface area contributed by atoms with Crippen LogP contribution in [0.2, 0.25) is 0 Å². The van der Waals surface area contributed by atoms with Crippen LogP contribution in [0.5, 0.6) is 5.75 Å². The lowest BCUT2D eigenvalue weighted by Gasteiger charge is -2.09. The molecule has 0 aliphatic rings. The first kappa shape index (κ1) is 22.0. The van der Waals surface area contributed by atoms with Crippen molar-refractivity contribution in [1.82, 2.24) is 4.72 Å². The van der Waals surface area contributed by atoms with E-state index in [1.807, 2.05) is 30.3 Å². The molecule has 3 aromatic rings. The fourth-order valence-corrected chi connectivity index (χ4v) is 3.89. The second-order valence-corrected chi connectivity index (χ2v) is 9.13. The molecule has 0 saturated heterocycles. The van der Waals surface area contributed by atoms with E-state index in [9.17, 15) is 13.2 Å². The zero-order valence-corrected chi connectivity index (χ0v) is 18.4. The lowest BCUT2D eigenvalue weighted by Crippen LogP contribution is -2.27. The van der Waals surface area contributed by atoms with Crippen molar-refractivity contribution in [3.05, 3.63) is 88.9 Å². The summed E-state index contributed by atoms with van der Waals surface area (Å²) in [5.41, 5.74) is 1.68. The van der Waals surface area contributed by atoms with Crippen LogP contribution in [-0.2, 0) is 21.4 Å². The number of sulfonamides is 1. The lowest BCUT2D eigenvalue weighted by atomic mass is 10.2. The molecule has 6 nitrogen and oxygen atoms in total. The van der Waals surface area contributed by atoms with Crippen molar-refractivity contribution in [3.8, 4) is 5.75 Å². The van der Waals surface area contributed by atoms with Crippen LogP contribution in [-0.4, -0.2) is 20.9 Å². The minimum absolute atomic E-state index is 0.00248. The Hall–Kier alpha value is -2.68. The Kier molecular flexibility index (Phi) is 7.62. The van der Waals surface area contributed by atoms with E-state index in [2.05, 4.69) is 26.0 Å². The van der Waals surface area contributed by atoms with Crippen molar-refractivity contribution in [1.29, 1.82) is 0 Å². The Morgan fingerprint density at radius 3 is 2.23 bits per heavy atom. The Bertz CT molecular complexity index is 1070. The van der Waals surface area contributed by atoms with E-state index >= 15 is 0 Å². The highest BCUT2D eigenvalue weighted by Gasteiger charge is 2.14. The summed E-state index contributed by atoms with van der Waals surface area (Å²) in [6.07, 6.45) is 0.0159. The maximum absolute atomic E-state index is 12.2. The van der Waals surface area contributed by atoms with Crippen LogP contribution in [0.25, 0.3) is 0 Å². The number of nitrogens with one attached hydrogen (secondary N) is 2. The largest absolute Gasteiger partial charge is 0.489 e. The van der Waals surface area contributed by atoms with Gasteiger partial charge in [-0.3, -0.25) is 4.79 Å². The van der Waals surface area contributed by atoms with Crippen LogP contribution in [0, 0.1) is 0 Å². The van der Waals surface area contributed by atoms with Gasteiger partial charge in [0.2, 0.25) is 15.9 Å². The topological polar surface area (TPSA) is 84.5 Å². The first-order valence-electron chi connectivity index (χ1n) is 9.24. The van der Waals surface area contributed by atoms with E-state index in [0.717, 1.165) is 10.0 Å². The molecule has 0 atom stereocenters. The Morgan fingerprint density at radius 1 is 0.900 bits per heavy atom. The quantitative estimate of drug-likeness (QED) is 0.469. The first-order chi connectivity index (χ1) is 14.4. The van der Waals surface area contributed by atoms with Gasteiger partial charge in [0.25, 0.3) is 0 Å². The van der Waals surface area contributed by atoms with Crippen molar-refractivity contribution in [2.24, 2.45) is 0 Å². The van der Waals surface area contributed by atoms with Crippen LogP contribution in [0.15, 0.2) is 88.2 Å². The predicted molar refractivity (Wildman–Crippen MR) is 120 cm³/mol. The highest BCUT2D eigenvalue weighted by atomic mass is 79.9. The van der Waals surface area contributed by atoms with Crippen molar-refractivity contribution in [2.75, 3.05) is 11.9 Å². The van der Waals surface area contributed by atoms with Gasteiger partial charge in [0.1, 0.15) is 12.4 Å². The van der Waals surface area contributed by atoms with Crippen molar-refractivity contribution in [2.45, 2.75) is 17.9 Å². The van der Waals surface area contributed by atoms with Crippen LogP contribution < -0.4 is 14.8 Å². The van der Waals surface area contributed by atoms with Gasteiger partial charge in [-0.05, 0) is 54.1 Å². The van der Waals surface area contributed by atoms with Gasteiger partial charge in [-0.15, -0.1) is 0 Å². The third-order valence-corrected chi connectivity index (χ3v) is 6.16. The second kappa shape index (κ2) is 10.4. The highest BCUT2D eigenvalue weighted by Crippen LogP contribution is 2.17. The molecule has 30 heavy (non-hydrogen) atoms. The number of benzene rings is 3. The van der Waals surface area contributed by atoms with Gasteiger partial charge < -0.3 is 10.1 Å². The molecule has 0 saturated carbocycles. The molecule has 0 fully saturated rings. The lowest BCUT2D eigenvalue weighted by molar-refractivity contribution is -0.116. The number of carbonyl (C=O) groups excluding carboxylic acids is 1. The Labute approximate surface area is 184 Å². The average molecular weight is 489 g/mol. The fourth-order valence-electron chi connectivity index (χ4n) is 2.59. The molecule has 0 radical (unpaired) electrons.